The molecule has 0 aliphatic rings. The highest BCUT2D eigenvalue weighted by molar-refractivity contribution is 5.97. The van der Waals surface area contributed by atoms with Crippen molar-refractivity contribution >= 4 is 11.9 Å². The number of carboxylic acid groups (broad SMARTS) is 1. The van der Waals surface area contributed by atoms with Crippen LogP contribution in [0, 0.1) is 20.8 Å². The fourth-order valence-electron chi connectivity index (χ4n) is 1.94. The molecule has 0 amide bonds. The highest BCUT2D eigenvalue weighted by Gasteiger charge is 2.22. The van der Waals surface area contributed by atoms with Crippen molar-refractivity contribution in [2.75, 3.05) is 5.73 Å². The van der Waals surface area contributed by atoms with Gasteiger partial charge in [-0.25, -0.2) is 4.79 Å². The van der Waals surface area contributed by atoms with Gasteiger partial charge in [-0.2, -0.15) is 0 Å². The minimum atomic E-state index is -1.15. The van der Waals surface area contributed by atoms with E-state index in [1.165, 1.54) is 0 Å². The number of aromatic carboxylic acids is 1. The van der Waals surface area contributed by atoms with E-state index < -0.39 is 5.97 Å². The molecular weight excluding hydrogens is 232 g/mol. The van der Waals surface area contributed by atoms with Gasteiger partial charge in [-0.3, -0.25) is 0 Å². The number of rotatable bonds is 2. The number of anilines is 1. The number of hydrogen-bond acceptors (Lipinski definition) is 4. The first-order valence-corrected chi connectivity index (χ1v) is 5.48. The average molecular weight is 246 g/mol. The van der Waals surface area contributed by atoms with Crippen molar-refractivity contribution in [3.05, 3.63) is 34.5 Å². The number of nitrogens with two attached hydrogens (primary N) is 1. The molecule has 1 aromatic carbocycles. The standard InChI is InChI=1S/C13H14N2O3/c1-6-4-8(3)9(5-7(6)2)10-11(13(16)17)15-18-12(10)14/h4-5H,14H2,1-3H3,(H,16,17). The molecule has 94 valence electrons. The lowest BCUT2D eigenvalue weighted by molar-refractivity contribution is 0.0686. The number of hydrogen-bond donors (Lipinski definition) is 2. The van der Waals surface area contributed by atoms with Gasteiger partial charge in [0, 0.05) is 0 Å². The van der Waals surface area contributed by atoms with E-state index in [1.807, 2.05) is 32.9 Å². The predicted octanol–water partition coefficient (Wildman–Crippen LogP) is 2.55. The largest absolute Gasteiger partial charge is 0.476 e. The Labute approximate surface area is 104 Å². The molecule has 0 unspecified atom stereocenters. The van der Waals surface area contributed by atoms with E-state index in [9.17, 15) is 4.79 Å². The van der Waals surface area contributed by atoms with Crippen LogP contribution in [0.25, 0.3) is 11.1 Å². The summed E-state index contributed by atoms with van der Waals surface area (Å²) in [5, 5.41) is 12.6. The van der Waals surface area contributed by atoms with E-state index in [2.05, 4.69) is 5.16 Å². The molecule has 18 heavy (non-hydrogen) atoms. The minimum absolute atomic E-state index is 0.0266. The molecule has 0 radical (unpaired) electrons. The monoisotopic (exact) mass is 246 g/mol. The molecular formula is C13H14N2O3. The second-order valence-electron chi connectivity index (χ2n) is 4.33. The second-order valence-corrected chi connectivity index (χ2v) is 4.33. The maximum absolute atomic E-state index is 11.1. The van der Waals surface area contributed by atoms with E-state index in [1.54, 1.807) is 0 Å². The van der Waals surface area contributed by atoms with Crippen LogP contribution in [0.5, 0.6) is 0 Å². The zero-order chi connectivity index (χ0) is 13.4. The minimum Gasteiger partial charge on any atom is -0.476 e. The number of carboxylic acids is 1. The maximum atomic E-state index is 11.1. The van der Waals surface area contributed by atoms with Crippen LogP contribution in [0.1, 0.15) is 27.2 Å². The summed E-state index contributed by atoms with van der Waals surface area (Å²) >= 11 is 0. The Morgan fingerprint density at radius 2 is 1.83 bits per heavy atom. The van der Waals surface area contributed by atoms with Crippen LogP contribution >= 0.6 is 0 Å². The van der Waals surface area contributed by atoms with Crippen LogP contribution < -0.4 is 5.73 Å². The van der Waals surface area contributed by atoms with Crippen molar-refractivity contribution in [3.63, 3.8) is 0 Å². The Hall–Kier alpha value is -2.30. The third kappa shape index (κ3) is 1.84. The molecule has 0 bridgehead atoms. The number of nitrogens with zero attached hydrogens (tertiary/aromatic N) is 1. The Morgan fingerprint density at radius 3 is 2.44 bits per heavy atom. The summed E-state index contributed by atoms with van der Waals surface area (Å²) in [7, 11) is 0. The molecule has 0 saturated carbocycles. The SMILES string of the molecule is Cc1cc(C)c(-c2c(C(=O)O)noc2N)cc1C. The van der Waals surface area contributed by atoms with Crippen LogP contribution in [0.4, 0.5) is 5.88 Å². The number of aromatic nitrogens is 1. The molecule has 5 nitrogen and oxygen atoms in total. The number of aryl methyl sites for hydroxylation is 3. The van der Waals surface area contributed by atoms with Gasteiger partial charge in [-0.1, -0.05) is 17.3 Å². The zero-order valence-electron chi connectivity index (χ0n) is 10.4. The molecule has 0 aliphatic carbocycles. The van der Waals surface area contributed by atoms with Crippen molar-refractivity contribution in [1.82, 2.24) is 5.16 Å². The molecule has 5 heteroatoms. The van der Waals surface area contributed by atoms with Crippen molar-refractivity contribution in [1.29, 1.82) is 0 Å². The molecule has 0 spiro atoms. The van der Waals surface area contributed by atoms with Crippen LogP contribution in [-0.4, -0.2) is 16.2 Å². The Kier molecular flexibility index (Phi) is 2.82. The predicted molar refractivity (Wildman–Crippen MR) is 67.5 cm³/mol. The quantitative estimate of drug-likeness (QED) is 0.849. The number of carbonyl (C=O) groups is 1. The summed E-state index contributed by atoms with van der Waals surface area (Å²) in [6.07, 6.45) is 0. The van der Waals surface area contributed by atoms with Crippen LogP contribution in [0.15, 0.2) is 16.7 Å². The van der Waals surface area contributed by atoms with Crippen molar-refractivity contribution in [2.45, 2.75) is 20.8 Å². The summed E-state index contributed by atoms with van der Waals surface area (Å²) in [5.41, 5.74) is 9.76. The molecule has 1 heterocycles. The summed E-state index contributed by atoms with van der Waals surface area (Å²) in [6, 6.07) is 3.89. The van der Waals surface area contributed by atoms with Gasteiger partial charge in [-0.05, 0) is 43.0 Å². The zero-order valence-corrected chi connectivity index (χ0v) is 10.4. The van der Waals surface area contributed by atoms with E-state index in [-0.39, 0.29) is 11.6 Å². The average Bonchev–Trinajstić information content (AvgIpc) is 2.66. The maximum Gasteiger partial charge on any atom is 0.358 e. The Bertz CT molecular complexity index is 629. The molecule has 2 aromatic rings. The topological polar surface area (TPSA) is 89.3 Å². The van der Waals surface area contributed by atoms with Crippen LogP contribution in [-0.2, 0) is 0 Å². The molecule has 1 aromatic heterocycles. The van der Waals surface area contributed by atoms with Crippen molar-refractivity contribution in [2.24, 2.45) is 0 Å². The van der Waals surface area contributed by atoms with Gasteiger partial charge in [-0.15, -0.1) is 0 Å². The lowest BCUT2D eigenvalue weighted by atomic mass is 9.95. The molecule has 0 fully saturated rings. The van der Waals surface area contributed by atoms with E-state index in [0.717, 1.165) is 22.3 Å². The molecule has 0 aliphatic heterocycles. The van der Waals surface area contributed by atoms with Gasteiger partial charge in [0.05, 0.1) is 5.56 Å². The van der Waals surface area contributed by atoms with E-state index >= 15 is 0 Å². The summed E-state index contributed by atoms with van der Waals surface area (Å²) in [6.45, 7) is 5.86. The first-order valence-electron chi connectivity index (χ1n) is 5.48. The van der Waals surface area contributed by atoms with Gasteiger partial charge < -0.3 is 15.4 Å². The lowest BCUT2D eigenvalue weighted by Gasteiger charge is -2.09. The Balaban J connectivity index is 2.73. The summed E-state index contributed by atoms with van der Waals surface area (Å²) in [4.78, 5) is 11.1. The van der Waals surface area contributed by atoms with Gasteiger partial charge in [0.25, 0.3) is 0 Å². The Morgan fingerprint density at radius 1 is 1.22 bits per heavy atom. The molecule has 0 atom stereocenters. The van der Waals surface area contributed by atoms with Gasteiger partial charge in [0.1, 0.15) is 0 Å². The lowest BCUT2D eigenvalue weighted by Crippen LogP contribution is -2.01. The fourth-order valence-corrected chi connectivity index (χ4v) is 1.94. The first-order chi connectivity index (χ1) is 8.41. The van der Waals surface area contributed by atoms with Crippen molar-refractivity contribution in [3.8, 4) is 11.1 Å². The normalized spacial score (nSPS) is 10.6. The molecule has 2 rings (SSSR count). The van der Waals surface area contributed by atoms with Crippen molar-refractivity contribution < 1.29 is 14.4 Å². The number of nitrogen functional groups attached to an aromatic ring is 1. The molecule has 3 N–H and O–H groups in total. The molecule has 0 saturated heterocycles. The third-order valence-corrected chi connectivity index (χ3v) is 3.03. The fraction of sp³-hybridized carbons (Fsp3) is 0.231. The highest BCUT2D eigenvalue weighted by atomic mass is 16.5. The third-order valence-electron chi connectivity index (χ3n) is 3.03. The van der Waals surface area contributed by atoms with Crippen LogP contribution in [0.3, 0.4) is 0 Å². The summed E-state index contributed by atoms with van der Waals surface area (Å²) in [5.74, 6) is -1.12. The number of benzene rings is 1. The van der Waals surface area contributed by atoms with Crippen LogP contribution in [0.2, 0.25) is 0 Å². The van der Waals surface area contributed by atoms with Gasteiger partial charge >= 0.3 is 5.97 Å². The summed E-state index contributed by atoms with van der Waals surface area (Å²) < 4.78 is 4.78. The van der Waals surface area contributed by atoms with Gasteiger partial charge in [0.15, 0.2) is 0 Å². The first kappa shape index (κ1) is 12.2. The smallest absolute Gasteiger partial charge is 0.358 e. The van der Waals surface area contributed by atoms with E-state index in [4.69, 9.17) is 15.4 Å². The second kappa shape index (κ2) is 4.18. The van der Waals surface area contributed by atoms with E-state index in [0.29, 0.717) is 5.56 Å². The van der Waals surface area contributed by atoms with Gasteiger partial charge in [0.2, 0.25) is 11.6 Å². The highest BCUT2D eigenvalue weighted by Crippen LogP contribution is 2.33.